The van der Waals surface area contributed by atoms with Gasteiger partial charge in [-0.2, -0.15) is 0 Å². The van der Waals surface area contributed by atoms with Gasteiger partial charge in [-0.05, 0) is 48.2 Å². The number of halogens is 1. The van der Waals surface area contributed by atoms with Crippen LogP contribution in [0, 0.1) is 12.7 Å². The number of nitrogens with zero attached hydrogens (tertiary/aromatic N) is 2. The van der Waals surface area contributed by atoms with Crippen LogP contribution >= 0.6 is 0 Å². The number of pyridine rings is 1. The van der Waals surface area contributed by atoms with E-state index in [0.717, 1.165) is 23.7 Å². The van der Waals surface area contributed by atoms with Gasteiger partial charge in [0.2, 0.25) is 0 Å². The lowest BCUT2D eigenvalue weighted by Gasteiger charge is -2.29. The highest BCUT2D eigenvalue weighted by Crippen LogP contribution is 2.33. The van der Waals surface area contributed by atoms with Gasteiger partial charge in [0, 0.05) is 13.1 Å². The second kappa shape index (κ2) is 6.47. The molecule has 2 heterocycles. The Bertz CT molecular complexity index is 792. The minimum Gasteiger partial charge on any atom is -0.493 e. The van der Waals surface area contributed by atoms with Crippen molar-refractivity contribution in [3.63, 3.8) is 0 Å². The predicted octanol–water partition coefficient (Wildman–Crippen LogP) is 2.74. The van der Waals surface area contributed by atoms with Gasteiger partial charge in [-0.25, -0.2) is 9.37 Å². The fraction of sp³-hybridized carbons (Fsp3) is 0.333. The van der Waals surface area contributed by atoms with Gasteiger partial charge in [0.25, 0.3) is 5.91 Å². The molecule has 1 aromatic carbocycles. The van der Waals surface area contributed by atoms with Crippen LogP contribution in [0.15, 0.2) is 24.4 Å². The number of carbonyl (C=O) groups excluding carboxylic acids is 1. The lowest BCUT2D eigenvalue weighted by Crippen LogP contribution is -2.36. The molecular formula is C18H19FN2O3. The maximum Gasteiger partial charge on any atom is 0.273 e. The summed E-state index contributed by atoms with van der Waals surface area (Å²) in [5.74, 6) is 0.700. The molecule has 0 unspecified atom stereocenters. The molecule has 0 bridgehead atoms. The number of aryl methyl sites for hydroxylation is 1. The molecule has 126 valence electrons. The van der Waals surface area contributed by atoms with Crippen molar-refractivity contribution >= 4 is 5.91 Å². The van der Waals surface area contributed by atoms with Crippen molar-refractivity contribution in [2.45, 2.75) is 19.9 Å². The first-order valence-electron chi connectivity index (χ1n) is 7.68. The first-order valence-corrected chi connectivity index (χ1v) is 7.68. The summed E-state index contributed by atoms with van der Waals surface area (Å²) >= 11 is 0. The summed E-state index contributed by atoms with van der Waals surface area (Å²) in [6.45, 7) is 2.74. The molecule has 2 aromatic rings. The third kappa shape index (κ3) is 2.91. The molecule has 1 amide bonds. The number of carbonyl (C=O) groups is 1. The van der Waals surface area contributed by atoms with Crippen molar-refractivity contribution in [2.24, 2.45) is 0 Å². The second-order valence-corrected chi connectivity index (χ2v) is 5.77. The number of fused-ring (bicyclic) bond motifs is 1. The molecule has 0 aliphatic carbocycles. The van der Waals surface area contributed by atoms with Gasteiger partial charge in [0.1, 0.15) is 11.5 Å². The van der Waals surface area contributed by atoms with Gasteiger partial charge in [-0.3, -0.25) is 4.79 Å². The highest BCUT2D eigenvalue weighted by molar-refractivity contribution is 5.93. The van der Waals surface area contributed by atoms with Gasteiger partial charge in [-0.15, -0.1) is 0 Å². The van der Waals surface area contributed by atoms with E-state index in [4.69, 9.17) is 9.47 Å². The van der Waals surface area contributed by atoms with Crippen LogP contribution in [-0.2, 0) is 13.0 Å². The zero-order valence-corrected chi connectivity index (χ0v) is 13.9. The van der Waals surface area contributed by atoms with E-state index in [1.165, 1.54) is 6.07 Å². The standard InChI is InChI=1S/C18H19FN2O3/c1-11-6-14(19)9-20-17(11)18(22)21-5-4-12-7-15(23-2)16(24-3)8-13(12)10-21/h6-9H,4-5,10H2,1-3H3. The average Bonchev–Trinajstić information content (AvgIpc) is 2.59. The molecule has 0 saturated carbocycles. The van der Waals surface area contributed by atoms with Crippen molar-refractivity contribution in [2.75, 3.05) is 20.8 Å². The number of aromatic nitrogens is 1. The number of hydrogen-bond donors (Lipinski definition) is 0. The van der Waals surface area contributed by atoms with Crippen LogP contribution < -0.4 is 9.47 Å². The van der Waals surface area contributed by atoms with E-state index in [1.807, 2.05) is 12.1 Å². The van der Waals surface area contributed by atoms with Crippen LogP contribution in [0.5, 0.6) is 11.5 Å². The van der Waals surface area contributed by atoms with Gasteiger partial charge in [0.05, 0.1) is 20.4 Å². The normalized spacial score (nSPS) is 13.4. The Morgan fingerprint density at radius 3 is 2.46 bits per heavy atom. The minimum absolute atomic E-state index is 0.187. The summed E-state index contributed by atoms with van der Waals surface area (Å²) in [6, 6.07) is 5.18. The maximum atomic E-state index is 13.2. The summed E-state index contributed by atoms with van der Waals surface area (Å²) in [4.78, 5) is 18.4. The van der Waals surface area contributed by atoms with Gasteiger partial charge >= 0.3 is 0 Å². The highest BCUT2D eigenvalue weighted by atomic mass is 19.1. The Kier molecular flexibility index (Phi) is 4.38. The average molecular weight is 330 g/mol. The molecule has 0 atom stereocenters. The topological polar surface area (TPSA) is 51.7 Å². The van der Waals surface area contributed by atoms with Crippen molar-refractivity contribution in [3.05, 3.63) is 52.6 Å². The Morgan fingerprint density at radius 1 is 1.17 bits per heavy atom. The van der Waals surface area contributed by atoms with Crippen molar-refractivity contribution in [1.82, 2.24) is 9.88 Å². The van der Waals surface area contributed by atoms with E-state index in [9.17, 15) is 9.18 Å². The predicted molar refractivity (Wildman–Crippen MR) is 86.9 cm³/mol. The molecule has 3 rings (SSSR count). The number of amides is 1. The summed E-state index contributed by atoms with van der Waals surface area (Å²) in [6.07, 6.45) is 1.80. The number of benzene rings is 1. The fourth-order valence-electron chi connectivity index (χ4n) is 2.97. The van der Waals surface area contributed by atoms with Gasteiger partial charge in [-0.1, -0.05) is 0 Å². The van der Waals surface area contributed by atoms with E-state index >= 15 is 0 Å². The van der Waals surface area contributed by atoms with Crippen LogP contribution in [0.3, 0.4) is 0 Å². The SMILES string of the molecule is COc1cc2c(cc1OC)CN(C(=O)c1ncc(F)cc1C)CC2. The molecule has 0 saturated heterocycles. The van der Waals surface area contributed by atoms with E-state index < -0.39 is 5.82 Å². The quantitative estimate of drug-likeness (QED) is 0.868. The Balaban J connectivity index is 1.88. The van der Waals surface area contributed by atoms with E-state index in [2.05, 4.69) is 4.98 Å². The van der Waals surface area contributed by atoms with Crippen LogP contribution in [0.1, 0.15) is 27.2 Å². The first-order chi connectivity index (χ1) is 11.5. The zero-order chi connectivity index (χ0) is 17.3. The number of ether oxygens (including phenoxy) is 2. The smallest absolute Gasteiger partial charge is 0.273 e. The molecule has 1 aliphatic rings. The molecule has 0 spiro atoms. The van der Waals surface area contributed by atoms with Crippen LogP contribution in [0.2, 0.25) is 0 Å². The molecule has 6 heteroatoms. The molecule has 0 fully saturated rings. The molecule has 0 N–H and O–H groups in total. The number of hydrogen-bond acceptors (Lipinski definition) is 4. The molecule has 1 aromatic heterocycles. The van der Waals surface area contributed by atoms with Crippen LogP contribution in [0.4, 0.5) is 4.39 Å². The number of methoxy groups -OCH3 is 2. The summed E-state index contributed by atoms with van der Waals surface area (Å²) in [5.41, 5.74) is 2.99. The first kappa shape index (κ1) is 16.2. The van der Waals surface area contributed by atoms with Crippen molar-refractivity contribution in [3.8, 4) is 11.5 Å². The van der Waals surface area contributed by atoms with E-state index in [-0.39, 0.29) is 5.91 Å². The summed E-state index contributed by atoms with van der Waals surface area (Å²) in [7, 11) is 3.19. The molecule has 5 nitrogen and oxygen atoms in total. The van der Waals surface area contributed by atoms with Crippen molar-refractivity contribution < 1.29 is 18.7 Å². The second-order valence-electron chi connectivity index (χ2n) is 5.77. The van der Waals surface area contributed by atoms with Gasteiger partial charge < -0.3 is 14.4 Å². The monoisotopic (exact) mass is 330 g/mol. The van der Waals surface area contributed by atoms with Crippen LogP contribution in [-0.4, -0.2) is 36.6 Å². The van der Waals surface area contributed by atoms with Crippen molar-refractivity contribution in [1.29, 1.82) is 0 Å². The van der Waals surface area contributed by atoms with Crippen LogP contribution in [0.25, 0.3) is 0 Å². The van der Waals surface area contributed by atoms with E-state index in [1.54, 1.807) is 26.0 Å². The largest absolute Gasteiger partial charge is 0.493 e. The fourth-order valence-corrected chi connectivity index (χ4v) is 2.97. The molecular weight excluding hydrogens is 311 g/mol. The minimum atomic E-state index is -0.440. The Hall–Kier alpha value is -2.63. The maximum absolute atomic E-state index is 13.2. The lowest BCUT2D eigenvalue weighted by atomic mass is 9.98. The number of rotatable bonds is 3. The third-order valence-corrected chi connectivity index (χ3v) is 4.25. The summed E-state index contributed by atoms with van der Waals surface area (Å²) < 4.78 is 23.8. The Labute approximate surface area is 140 Å². The van der Waals surface area contributed by atoms with Gasteiger partial charge in [0.15, 0.2) is 11.5 Å². The molecule has 0 radical (unpaired) electrons. The molecule has 1 aliphatic heterocycles. The zero-order valence-electron chi connectivity index (χ0n) is 13.9. The third-order valence-electron chi connectivity index (χ3n) is 4.25. The lowest BCUT2D eigenvalue weighted by molar-refractivity contribution is 0.0727. The molecule has 24 heavy (non-hydrogen) atoms. The highest BCUT2D eigenvalue weighted by Gasteiger charge is 2.25. The van der Waals surface area contributed by atoms with E-state index in [0.29, 0.717) is 35.8 Å². The summed E-state index contributed by atoms with van der Waals surface area (Å²) in [5, 5.41) is 0. The Morgan fingerprint density at radius 2 is 1.83 bits per heavy atom.